The van der Waals surface area contributed by atoms with Crippen LogP contribution in [0.25, 0.3) is 0 Å². The van der Waals surface area contributed by atoms with Crippen LogP contribution in [0, 0.1) is 12.3 Å². The molecule has 2 aliphatic heterocycles. The molecule has 2 saturated heterocycles. The Bertz CT molecular complexity index is 724. The average Bonchev–Trinajstić information content (AvgIpc) is 2.85. The SMILES string of the molecule is Cc1nc(N2CC3(CCN(C(=O)OC(C)(C)C)CC3)CC2=O)ncc1Br. The van der Waals surface area contributed by atoms with E-state index in [2.05, 4.69) is 25.9 Å². The number of anilines is 1. The number of aryl methyl sites for hydroxylation is 1. The highest BCUT2D eigenvalue weighted by atomic mass is 79.9. The predicted molar refractivity (Wildman–Crippen MR) is 101 cm³/mol. The van der Waals surface area contributed by atoms with Crippen LogP contribution in [0.1, 0.15) is 45.7 Å². The molecule has 26 heavy (non-hydrogen) atoms. The van der Waals surface area contributed by atoms with Gasteiger partial charge in [0.05, 0.1) is 10.2 Å². The minimum atomic E-state index is -0.497. The molecule has 142 valence electrons. The van der Waals surface area contributed by atoms with Crippen molar-refractivity contribution in [3.05, 3.63) is 16.4 Å². The molecule has 1 aromatic rings. The number of hydrogen-bond donors (Lipinski definition) is 0. The van der Waals surface area contributed by atoms with Crippen molar-refractivity contribution >= 4 is 33.9 Å². The van der Waals surface area contributed by atoms with Crippen molar-refractivity contribution in [3.8, 4) is 0 Å². The van der Waals surface area contributed by atoms with Crippen LogP contribution < -0.4 is 4.90 Å². The number of halogens is 1. The van der Waals surface area contributed by atoms with E-state index in [4.69, 9.17) is 4.74 Å². The van der Waals surface area contributed by atoms with Crippen molar-refractivity contribution in [2.75, 3.05) is 24.5 Å². The molecule has 2 amide bonds. The summed E-state index contributed by atoms with van der Waals surface area (Å²) in [5, 5.41) is 0. The minimum absolute atomic E-state index is 0.0532. The third-order valence-electron chi connectivity index (χ3n) is 4.94. The van der Waals surface area contributed by atoms with Gasteiger partial charge in [0.25, 0.3) is 0 Å². The van der Waals surface area contributed by atoms with Crippen LogP contribution in [0.15, 0.2) is 10.7 Å². The van der Waals surface area contributed by atoms with Gasteiger partial charge in [0.2, 0.25) is 11.9 Å². The lowest BCUT2D eigenvalue weighted by Crippen LogP contribution is -2.46. The topological polar surface area (TPSA) is 75.6 Å². The molecule has 1 aromatic heterocycles. The Morgan fingerprint density at radius 1 is 1.31 bits per heavy atom. The maximum atomic E-state index is 12.6. The normalized spacial score (nSPS) is 20.0. The number of rotatable bonds is 1. The highest BCUT2D eigenvalue weighted by Crippen LogP contribution is 2.42. The molecule has 0 aromatic carbocycles. The summed E-state index contributed by atoms with van der Waals surface area (Å²) in [7, 11) is 0. The van der Waals surface area contributed by atoms with Gasteiger partial charge in [-0.1, -0.05) is 0 Å². The molecule has 0 atom stereocenters. The maximum Gasteiger partial charge on any atom is 0.410 e. The van der Waals surface area contributed by atoms with E-state index in [1.807, 2.05) is 27.7 Å². The fourth-order valence-corrected chi connectivity index (χ4v) is 3.66. The molecule has 2 aliphatic rings. The summed E-state index contributed by atoms with van der Waals surface area (Å²) in [5.41, 5.74) is 0.201. The second-order valence-corrected chi connectivity index (χ2v) is 9.08. The second-order valence-electron chi connectivity index (χ2n) is 8.23. The Kier molecular flexibility index (Phi) is 4.98. The molecule has 1 spiro atoms. The van der Waals surface area contributed by atoms with E-state index in [0.29, 0.717) is 32.0 Å². The van der Waals surface area contributed by atoms with E-state index in [1.54, 1.807) is 16.0 Å². The van der Waals surface area contributed by atoms with Crippen molar-refractivity contribution in [2.45, 2.75) is 52.6 Å². The predicted octanol–water partition coefficient (Wildman–Crippen LogP) is 3.30. The molecular weight excluding hydrogens is 400 g/mol. The van der Waals surface area contributed by atoms with Crippen LogP contribution in [0.3, 0.4) is 0 Å². The van der Waals surface area contributed by atoms with Crippen LogP contribution in [-0.2, 0) is 9.53 Å². The molecule has 3 heterocycles. The number of nitrogens with zero attached hydrogens (tertiary/aromatic N) is 4. The first kappa shape index (κ1) is 19.1. The molecule has 0 N–H and O–H groups in total. The Balaban J connectivity index is 1.65. The van der Waals surface area contributed by atoms with Gasteiger partial charge in [-0.25, -0.2) is 14.8 Å². The molecule has 0 radical (unpaired) electrons. The van der Waals surface area contributed by atoms with Crippen molar-refractivity contribution in [1.82, 2.24) is 14.9 Å². The summed E-state index contributed by atoms with van der Waals surface area (Å²) < 4.78 is 6.28. The first-order valence-corrected chi connectivity index (χ1v) is 9.65. The monoisotopic (exact) mass is 424 g/mol. The molecular formula is C18H25BrN4O3. The van der Waals surface area contributed by atoms with Crippen LogP contribution >= 0.6 is 15.9 Å². The van der Waals surface area contributed by atoms with E-state index in [1.165, 1.54) is 0 Å². The smallest absolute Gasteiger partial charge is 0.410 e. The number of carbonyl (C=O) groups excluding carboxylic acids is 2. The molecule has 8 heteroatoms. The summed E-state index contributed by atoms with van der Waals surface area (Å²) in [6.07, 6.45) is 3.45. The van der Waals surface area contributed by atoms with Gasteiger partial charge in [-0.2, -0.15) is 0 Å². The fourth-order valence-electron chi connectivity index (χ4n) is 3.47. The van der Waals surface area contributed by atoms with E-state index >= 15 is 0 Å². The number of ether oxygens (including phenoxy) is 1. The zero-order chi connectivity index (χ0) is 19.1. The van der Waals surface area contributed by atoms with Crippen molar-refractivity contribution < 1.29 is 14.3 Å². The molecule has 0 aliphatic carbocycles. The average molecular weight is 425 g/mol. The van der Waals surface area contributed by atoms with Crippen molar-refractivity contribution in [3.63, 3.8) is 0 Å². The number of amides is 2. The van der Waals surface area contributed by atoms with E-state index in [-0.39, 0.29) is 17.4 Å². The van der Waals surface area contributed by atoms with Crippen LogP contribution in [0.2, 0.25) is 0 Å². The third-order valence-corrected chi connectivity index (χ3v) is 5.72. The lowest BCUT2D eigenvalue weighted by Gasteiger charge is -2.39. The number of aromatic nitrogens is 2. The van der Waals surface area contributed by atoms with E-state index < -0.39 is 5.60 Å². The molecule has 0 saturated carbocycles. The number of likely N-dealkylation sites (tertiary alicyclic amines) is 1. The standard InChI is InChI=1S/C18H25BrN4O3/c1-12-13(19)10-20-15(21-12)23-11-18(9-14(23)24)5-7-22(8-6-18)16(25)26-17(2,3)4/h10H,5-9,11H2,1-4H3. The summed E-state index contributed by atoms with van der Waals surface area (Å²) in [5.74, 6) is 0.514. The Labute approximate surface area is 162 Å². The molecule has 3 rings (SSSR count). The second kappa shape index (κ2) is 6.79. The number of hydrogen-bond acceptors (Lipinski definition) is 5. The minimum Gasteiger partial charge on any atom is -0.444 e. The molecule has 0 unspecified atom stereocenters. The van der Waals surface area contributed by atoms with Gasteiger partial charge < -0.3 is 9.64 Å². The lowest BCUT2D eigenvalue weighted by atomic mass is 9.78. The third kappa shape index (κ3) is 4.00. The van der Waals surface area contributed by atoms with Gasteiger partial charge in [0, 0.05) is 37.7 Å². The van der Waals surface area contributed by atoms with Crippen molar-refractivity contribution in [1.29, 1.82) is 0 Å². The Hall–Kier alpha value is -1.70. The summed E-state index contributed by atoms with van der Waals surface area (Å²) in [4.78, 5) is 37.0. The van der Waals surface area contributed by atoms with Gasteiger partial charge in [0.1, 0.15) is 5.60 Å². The van der Waals surface area contributed by atoms with Crippen LogP contribution in [-0.4, -0.2) is 52.1 Å². The Morgan fingerprint density at radius 2 is 1.96 bits per heavy atom. The largest absolute Gasteiger partial charge is 0.444 e. The molecule has 7 nitrogen and oxygen atoms in total. The Morgan fingerprint density at radius 3 is 2.54 bits per heavy atom. The van der Waals surface area contributed by atoms with E-state index in [0.717, 1.165) is 23.0 Å². The highest BCUT2D eigenvalue weighted by molar-refractivity contribution is 9.10. The molecule has 0 bridgehead atoms. The van der Waals surface area contributed by atoms with Gasteiger partial charge in [-0.3, -0.25) is 9.69 Å². The number of carbonyl (C=O) groups is 2. The van der Waals surface area contributed by atoms with Gasteiger partial charge in [-0.05, 0) is 56.5 Å². The van der Waals surface area contributed by atoms with Gasteiger partial charge in [-0.15, -0.1) is 0 Å². The van der Waals surface area contributed by atoms with Crippen LogP contribution in [0.5, 0.6) is 0 Å². The summed E-state index contributed by atoms with van der Waals surface area (Å²) in [6, 6.07) is 0. The number of piperidine rings is 1. The highest BCUT2D eigenvalue weighted by Gasteiger charge is 2.47. The first-order chi connectivity index (χ1) is 12.1. The quantitative estimate of drug-likeness (QED) is 0.690. The van der Waals surface area contributed by atoms with Crippen molar-refractivity contribution in [2.24, 2.45) is 5.41 Å². The zero-order valence-corrected chi connectivity index (χ0v) is 17.3. The summed E-state index contributed by atoms with van der Waals surface area (Å²) in [6.45, 7) is 9.30. The summed E-state index contributed by atoms with van der Waals surface area (Å²) >= 11 is 3.39. The van der Waals surface area contributed by atoms with Gasteiger partial charge in [0.15, 0.2) is 0 Å². The molecule has 2 fully saturated rings. The van der Waals surface area contributed by atoms with Gasteiger partial charge >= 0.3 is 6.09 Å². The van der Waals surface area contributed by atoms with Crippen LogP contribution in [0.4, 0.5) is 10.7 Å². The first-order valence-electron chi connectivity index (χ1n) is 8.86. The zero-order valence-electron chi connectivity index (χ0n) is 15.7. The lowest BCUT2D eigenvalue weighted by molar-refractivity contribution is -0.118. The maximum absolute atomic E-state index is 12.6. The van der Waals surface area contributed by atoms with E-state index in [9.17, 15) is 9.59 Å². The fraction of sp³-hybridized carbons (Fsp3) is 0.667.